The van der Waals surface area contributed by atoms with E-state index < -0.39 is 0 Å². The molecule has 1 N–H and O–H groups in total. The molecule has 0 aromatic carbocycles. The van der Waals surface area contributed by atoms with E-state index in [9.17, 15) is 4.79 Å². The standard InChI is InChI=1S/C12H19N3O/c1-13-12(16)15-8-4-5-11(10-15)9-14-6-2-3-7-14/h2-3,6-7,11H,4-5,8-10H2,1H3,(H,13,16). The van der Waals surface area contributed by atoms with Gasteiger partial charge in [0, 0.05) is 39.1 Å². The van der Waals surface area contributed by atoms with Crippen molar-refractivity contribution in [2.45, 2.75) is 19.4 Å². The second-order valence-electron chi connectivity index (χ2n) is 4.39. The van der Waals surface area contributed by atoms with E-state index >= 15 is 0 Å². The average molecular weight is 221 g/mol. The van der Waals surface area contributed by atoms with Crippen LogP contribution >= 0.6 is 0 Å². The van der Waals surface area contributed by atoms with Crippen LogP contribution in [0.25, 0.3) is 0 Å². The third-order valence-corrected chi connectivity index (χ3v) is 3.16. The molecule has 1 aliphatic rings. The Kier molecular flexibility index (Phi) is 3.49. The van der Waals surface area contributed by atoms with E-state index in [1.54, 1.807) is 7.05 Å². The van der Waals surface area contributed by atoms with Crippen molar-refractivity contribution in [3.05, 3.63) is 24.5 Å². The number of nitrogens with one attached hydrogen (secondary N) is 1. The zero-order valence-electron chi connectivity index (χ0n) is 9.72. The molecule has 1 aromatic heterocycles. The van der Waals surface area contributed by atoms with Gasteiger partial charge in [-0.1, -0.05) is 0 Å². The molecule has 2 amide bonds. The molecule has 0 radical (unpaired) electrons. The van der Waals surface area contributed by atoms with Crippen LogP contribution in [0, 0.1) is 5.92 Å². The van der Waals surface area contributed by atoms with Crippen LogP contribution in [0.2, 0.25) is 0 Å². The molecule has 1 unspecified atom stereocenters. The summed E-state index contributed by atoms with van der Waals surface area (Å²) in [6, 6.07) is 4.14. The minimum Gasteiger partial charge on any atom is -0.354 e. The number of rotatable bonds is 2. The van der Waals surface area contributed by atoms with Crippen molar-refractivity contribution >= 4 is 6.03 Å². The maximum Gasteiger partial charge on any atom is 0.317 e. The van der Waals surface area contributed by atoms with Gasteiger partial charge in [0.05, 0.1) is 0 Å². The number of carbonyl (C=O) groups excluding carboxylic acids is 1. The van der Waals surface area contributed by atoms with E-state index in [4.69, 9.17) is 0 Å². The predicted molar refractivity (Wildman–Crippen MR) is 63.2 cm³/mol. The smallest absolute Gasteiger partial charge is 0.317 e. The molecule has 1 atom stereocenters. The van der Waals surface area contributed by atoms with Crippen LogP contribution < -0.4 is 5.32 Å². The Balaban J connectivity index is 1.89. The van der Waals surface area contributed by atoms with Gasteiger partial charge in [0.25, 0.3) is 0 Å². The van der Waals surface area contributed by atoms with Crippen molar-refractivity contribution in [1.29, 1.82) is 0 Å². The molecule has 4 heteroatoms. The topological polar surface area (TPSA) is 37.3 Å². The summed E-state index contributed by atoms with van der Waals surface area (Å²) in [5.41, 5.74) is 0. The van der Waals surface area contributed by atoms with Gasteiger partial charge in [0.1, 0.15) is 0 Å². The number of likely N-dealkylation sites (tertiary alicyclic amines) is 1. The number of amides is 2. The number of aromatic nitrogens is 1. The second kappa shape index (κ2) is 5.05. The number of nitrogens with zero attached hydrogens (tertiary/aromatic N) is 2. The normalized spacial score (nSPS) is 20.8. The number of hydrogen-bond donors (Lipinski definition) is 1. The lowest BCUT2D eigenvalue weighted by Gasteiger charge is -2.32. The Morgan fingerprint density at radius 2 is 2.19 bits per heavy atom. The van der Waals surface area contributed by atoms with Gasteiger partial charge in [-0.05, 0) is 30.9 Å². The molecule has 4 nitrogen and oxygen atoms in total. The third-order valence-electron chi connectivity index (χ3n) is 3.16. The van der Waals surface area contributed by atoms with E-state index in [-0.39, 0.29) is 6.03 Å². The summed E-state index contributed by atoms with van der Waals surface area (Å²) in [6.45, 7) is 2.78. The highest BCUT2D eigenvalue weighted by molar-refractivity contribution is 5.73. The Labute approximate surface area is 96.2 Å². The highest BCUT2D eigenvalue weighted by Gasteiger charge is 2.22. The van der Waals surface area contributed by atoms with E-state index in [1.807, 2.05) is 17.0 Å². The van der Waals surface area contributed by atoms with Gasteiger partial charge in [-0.15, -0.1) is 0 Å². The Bertz CT molecular complexity index is 334. The fourth-order valence-corrected chi connectivity index (χ4v) is 2.35. The second-order valence-corrected chi connectivity index (χ2v) is 4.39. The van der Waals surface area contributed by atoms with Crippen LogP contribution in [0.1, 0.15) is 12.8 Å². The van der Waals surface area contributed by atoms with Crippen LogP contribution in [0.5, 0.6) is 0 Å². The van der Waals surface area contributed by atoms with Crippen molar-refractivity contribution in [3.63, 3.8) is 0 Å². The van der Waals surface area contributed by atoms with E-state index in [0.29, 0.717) is 5.92 Å². The minimum absolute atomic E-state index is 0.0530. The largest absolute Gasteiger partial charge is 0.354 e. The molecule has 2 heterocycles. The molecule has 0 aliphatic carbocycles. The maximum atomic E-state index is 11.5. The van der Waals surface area contributed by atoms with Gasteiger partial charge < -0.3 is 14.8 Å². The first-order valence-electron chi connectivity index (χ1n) is 5.87. The van der Waals surface area contributed by atoms with Gasteiger partial charge in [-0.3, -0.25) is 0 Å². The SMILES string of the molecule is CNC(=O)N1CCCC(Cn2cccc2)C1. The van der Waals surface area contributed by atoms with Gasteiger partial charge >= 0.3 is 6.03 Å². The summed E-state index contributed by atoms with van der Waals surface area (Å²) >= 11 is 0. The molecule has 88 valence electrons. The van der Waals surface area contributed by atoms with Gasteiger partial charge in [-0.25, -0.2) is 4.79 Å². The summed E-state index contributed by atoms with van der Waals surface area (Å²) < 4.78 is 2.19. The van der Waals surface area contributed by atoms with E-state index in [0.717, 1.165) is 26.1 Å². The Morgan fingerprint density at radius 3 is 2.88 bits per heavy atom. The predicted octanol–water partition coefficient (Wildman–Crippen LogP) is 1.54. The average Bonchev–Trinajstić information content (AvgIpc) is 2.81. The molecule has 0 spiro atoms. The first-order valence-corrected chi connectivity index (χ1v) is 5.87. The van der Waals surface area contributed by atoms with Crippen LogP contribution in [-0.2, 0) is 6.54 Å². The summed E-state index contributed by atoms with van der Waals surface area (Å²) in [4.78, 5) is 13.4. The lowest BCUT2D eigenvalue weighted by Crippen LogP contribution is -2.45. The number of urea groups is 1. The third kappa shape index (κ3) is 2.56. The molecule has 1 fully saturated rings. The van der Waals surface area contributed by atoms with Crippen LogP contribution in [0.4, 0.5) is 4.79 Å². The molecule has 2 rings (SSSR count). The lowest BCUT2D eigenvalue weighted by molar-refractivity contribution is 0.161. The van der Waals surface area contributed by atoms with Gasteiger partial charge in [0.15, 0.2) is 0 Å². The molecule has 0 saturated carbocycles. The summed E-state index contributed by atoms with van der Waals surface area (Å²) in [7, 11) is 1.69. The fourth-order valence-electron chi connectivity index (χ4n) is 2.35. The molecule has 1 aliphatic heterocycles. The highest BCUT2D eigenvalue weighted by atomic mass is 16.2. The molecule has 1 aromatic rings. The minimum atomic E-state index is 0.0530. The molecule has 0 bridgehead atoms. The zero-order chi connectivity index (χ0) is 11.4. The van der Waals surface area contributed by atoms with E-state index in [2.05, 4.69) is 22.3 Å². The van der Waals surface area contributed by atoms with Crippen molar-refractivity contribution in [1.82, 2.24) is 14.8 Å². The van der Waals surface area contributed by atoms with Gasteiger partial charge in [0.2, 0.25) is 0 Å². The van der Waals surface area contributed by atoms with Crippen molar-refractivity contribution in [2.24, 2.45) is 5.92 Å². The Morgan fingerprint density at radius 1 is 1.44 bits per heavy atom. The van der Waals surface area contributed by atoms with Crippen LogP contribution in [0.3, 0.4) is 0 Å². The number of piperidine rings is 1. The van der Waals surface area contributed by atoms with Crippen molar-refractivity contribution in [3.8, 4) is 0 Å². The van der Waals surface area contributed by atoms with Crippen molar-refractivity contribution < 1.29 is 4.79 Å². The monoisotopic (exact) mass is 221 g/mol. The quantitative estimate of drug-likeness (QED) is 0.808. The van der Waals surface area contributed by atoms with Crippen LogP contribution in [-0.4, -0.2) is 35.6 Å². The first-order chi connectivity index (χ1) is 7.79. The molecular formula is C12H19N3O. The number of hydrogen-bond acceptors (Lipinski definition) is 1. The summed E-state index contributed by atoms with van der Waals surface area (Å²) in [5, 5.41) is 2.69. The maximum absolute atomic E-state index is 11.5. The lowest BCUT2D eigenvalue weighted by atomic mass is 9.98. The molecular weight excluding hydrogens is 202 g/mol. The highest BCUT2D eigenvalue weighted by Crippen LogP contribution is 2.18. The molecule has 1 saturated heterocycles. The van der Waals surface area contributed by atoms with Crippen molar-refractivity contribution in [2.75, 3.05) is 20.1 Å². The first kappa shape index (κ1) is 11.0. The number of carbonyl (C=O) groups is 1. The summed E-state index contributed by atoms with van der Waals surface area (Å²) in [6.07, 6.45) is 6.49. The zero-order valence-corrected chi connectivity index (χ0v) is 9.72. The van der Waals surface area contributed by atoms with Gasteiger partial charge in [-0.2, -0.15) is 0 Å². The van der Waals surface area contributed by atoms with Crippen LogP contribution in [0.15, 0.2) is 24.5 Å². The summed E-state index contributed by atoms with van der Waals surface area (Å²) in [5.74, 6) is 0.582. The fraction of sp³-hybridized carbons (Fsp3) is 0.583. The Hall–Kier alpha value is -1.45. The molecule has 16 heavy (non-hydrogen) atoms. The van der Waals surface area contributed by atoms with E-state index in [1.165, 1.54) is 6.42 Å².